The summed E-state index contributed by atoms with van der Waals surface area (Å²) in [7, 11) is -3.76. The normalized spacial score (nSPS) is 11.4. The van der Waals surface area contributed by atoms with Gasteiger partial charge in [-0.1, -0.05) is 12.1 Å². The van der Waals surface area contributed by atoms with E-state index in [4.69, 9.17) is 0 Å². The number of benzene rings is 2. The van der Waals surface area contributed by atoms with Gasteiger partial charge in [-0.3, -0.25) is 4.79 Å². The molecule has 0 bridgehead atoms. The lowest BCUT2D eigenvalue weighted by Crippen LogP contribution is -2.16. The van der Waals surface area contributed by atoms with Crippen molar-refractivity contribution in [2.24, 2.45) is 0 Å². The number of aryl methyl sites for hydroxylation is 2. The van der Waals surface area contributed by atoms with E-state index < -0.39 is 27.2 Å². The average molecular weight is 306 g/mol. The first-order chi connectivity index (χ1) is 9.79. The Labute approximate surface area is 123 Å². The maximum absolute atomic E-state index is 12.8. The number of rotatable bonds is 4. The molecular weight excluding hydrogens is 291 g/mol. The van der Waals surface area contributed by atoms with E-state index in [0.717, 1.165) is 23.3 Å². The number of carbonyl (C=O) groups excluding carboxylic acids is 1. The molecule has 110 valence electrons. The summed E-state index contributed by atoms with van der Waals surface area (Å²) in [6.07, 6.45) is 0. The van der Waals surface area contributed by atoms with Crippen LogP contribution in [0.4, 0.5) is 4.39 Å². The first-order valence-corrected chi connectivity index (χ1v) is 8.03. The van der Waals surface area contributed by atoms with Crippen LogP contribution in [0.15, 0.2) is 47.4 Å². The van der Waals surface area contributed by atoms with Gasteiger partial charge in [0.2, 0.25) is 0 Å². The summed E-state index contributed by atoms with van der Waals surface area (Å²) in [6, 6.07) is 9.53. The second-order valence-corrected chi connectivity index (χ2v) is 6.92. The van der Waals surface area contributed by atoms with E-state index in [2.05, 4.69) is 0 Å². The average Bonchev–Trinajstić information content (AvgIpc) is 2.41. The number of sulfone groups is 1. The Morgan fingerprint density at radius 1 is 1.00 bits per heavy atom. The maximum Gasteiger partial charge on any atom is 0.185 e. The molecule has 0 amide bonds. The Kier molecular flexibility index (Phi) is 4.23. The molecule has 0 saturated heterocycles. The number of Topliss-reactive ketones (excluding diaryl/α,β-unsaturated/α-hetero) is 1. The molecule has 0 aliphatic heterocycles. The van der Waals surface area contributed by atoms with Crippen molar-refractivity contribution in [1.82, 2.24) is 0 Å². The lowest BCUT2D eigenvalue weighted by atomic mass is 10.0. The first-order valence-electron chi connectivity index (χ1n) is 6.38. The van der Waals surface area contributed by atoms with E-state index >= 15 is 0 Å². The van der Waals surface area contributed by atoms with Gasteiger partial charge in [-0.2, -0.15) is 0 Å². The summed E-state index contributed by atoms with van der Waals surface area (Å²) in [4.78, 5) is 12.1. The van der Waals surface area contributed by atoms with E-state index in [9.17, 15) is 17.6 Å². The molecule has 0 aliphatic rings. The Balaban J connectivity index is 2.25. The molecule has 0 unspecified atom stereocenters. The molecular formula is C16H15FO3S. The number of ketones is 1. The zero-order chi connectivity index (χ0) is 15.6. The summed E-state index contributed by atoms with van der Waals surface area (Å²) in [6.45, 7) is 3.78. The SMILES string of the molecule is Cc1ccc(C(=O)CS(=O)(=O)c2ccc(F)cc2)cc1C. The highest BCUT2D eigenvalue weighted by molar-refractivity contribution is 7.92. The van der Waals surface area contributed by atoms with Gasteiger partial charge in [0.05, 0.1) is 4.90 Å². The minimum Gasteiger partial charge on any atom is -0.293 e. The highest BCUT2D eigenvalue weighted by Crippen LogP contribution is 2.15. The van der Waals surface area contributed by atoms with Gasteiger partial charge >= 0.3 is 0 Å². The Morgan fingerprint density at radius 2 is 1.62 bits per heavy atom. The summed E-state index contributed by atoms with van der Waals surface area (Å²) in [5.41, 5.74) is 2.33. The molecule has 0 fully saturated rings. The Bertz CT molecular complexity index is 778. The van der Waals surface area contributed by atoms with Crippen LogP contribution < -0.4 is 0 Å². The van der Waals surface area contributed by atoms with Crippen molar-refractivity contribution in [1.29, 1.82) is 0 Å². The lowest BCUT2D eigenvalue weighted by molar-refractivity contribution is 0.102. The summed E-state index contributed by atoms with van der Waals surface area (Å²) in [5.74, 6) is -1.61. The summed E-state index contributed by atoms with van der Waals surface area (Å²) >= 11 is 0. The van der Waals surface area contributed by atoms with Gasteiger partial charge < -0.3 is 0 Å². The van der Waals surface area contributed by atoms with Gasteiger partial charge in [0.1, 0.15) is 11.6 Å². The van der Waals surface area contributed by atoms with E-state index in [0.29, 0.717) is 5.56 Å². The van der Waals surface area contributed by atoms with Crippen molar-refractivity contribution in [2.45, 2.75) is 18.7 Å². The number of hydrogen-bond acceptors (Lipinski definition) is 3. The molecule has 2 rings (SSSR count). The third-order valence-electron chi connectivity index (χ3n) is 3.32. The Hall–Kier alpha value is -2.01. The molecule has 5 heteroatoms. The highest BCUT2D eigenvalue weighted by Gasteiger charge is 2.20. The van der Waals surface area contributed by atoms with Crippen molar-refractivity contribution in [3.8, 4) is 0 Å². The van der Waals surface area contributed by atoms with E-state index in [-0.39, 0.29) is 4.90 Å². The molecule has 0 atom stereocenters. The van der Waals surface area contributed by atoms with Crippen molar-refractivity contribution < 1.29 is 17.6 Å². The molecule has 0 aromatic heterocycles. The van der Waals surface area contributed by atoms with Crippen LogP contribution in [0, 0.1) is 19.7 Å². The fourth-order valence-electron chi connectivity index (χ4n) is 1.90. The zero-order valence-electron chi connectivity index (χ0n) is 11.8. The second kappa shape index (κ2) is 5.77. The van der Waals surface area contributed by atoms with Crippen molar-refractivity contribution >= 4 is 15.6 Å². The molecule has 0 aliphatic carbocycles. The summed E-state index contributed by atoms with van der Waals surface area (Å²) in [5, 5.41) is 0. The molecule has 0 radical (unpaired) electrons. The number of carbonyl (C=O) groups is 1. The molecule has 0 spiro atoms. The first kappa shape index (κ1) is 15.4. The van der Waals surface area contributed by atoms with Crippen LogP contribution in [0.5, 0.6) is 0 Å². The maximum atomic E-state index is 12.8. The van der Waals surface area contributed by atoms with Crippen LogP contribution in [0.25, 0.3) is 0 Å². The fourth-order valence-corrected chi connectivity index (χ4v) is 3.13. The van der Waals surface area contributed by atoms with E-state index in [1.165, 1.54) is 12.1 Å². The quantitative estimate of drug-likeness (QED) is 0.644. The van der Waals surface area contributed by atoms with Crippen LogP contribution >= 0.6 is 0 Å². The van der Waals surface area contributed by atoms with Gasteiger partial charge in [0, 0.05) is 5.56 Å². The summed E-state index contributed by atoms with van der Waals surface area (Å²) < 4.78 is 37.1. The van der Waals surface area contributed by atoms with Gasteiger partial charge in [-0.15, -0.1) is 0 Å². The van der Waals surface area contributed by atoms with Crippen LogP contribution in [-0.2, 0) is 9.84 Å². The predicted molar refractivity (Wildman–Crippen MR) is 78.7 cm³/mol. The van der Waals surface area contributed by atoms with Crippen molar-refractivity contribution in [3.05, 3.63) is 65.0 Å². The Morgan fingerprint density at radius 3 is 2.19 bits per heavy atom. The predicted octanol–water partition coefficient (Wildman–Crippen LogP) is 3.10. The molecule has 0 N–H and O–H groups in total. The minimum absolute atomic E-state index is 0.0546. The second-order valence-electron chi connectivity index (χ2n) is 4.94. The van der Waals surface area contributed by atoms with Gasteiger partial charge in [-0.05, 0) is 55.3 Å². The number of halogens is 1. The monoisotopic (exact) mass is 306 g/mol. The van der Waals surface area contributed by atoms with Crippen molar-refractivity contribution in [3.63, 3.8) is 0 Å². The topological polar surface area (TPSA) is 51.2 Å². The molecule has 0 heterocycles. The van der Waals surface area contributed by atoms with Crippen LogP contribution in [0.2, 0.25) is 0 Å². The van der Waals surface area contributed by atoms with Crippen LogP contribution in [-0.4, -0.2) is 20.0 Å². The number of hydrogen-bond donors (Lipinski definition) is 0. The minimum atomic E-state index is -3.76. The lowest BCUT2D eigenvalue weighted by Gasteiger charge is -2.06. The highest BCUT2D eigenvalue weighted by atomic mass is 32.2. The third-order valence-corrected chi connectivity index (χ3v) is 4.96. The van der Waals surface area contributed by atoms with E-state index in [1.54, 1.807) is 18.2 Å². The van der Waals surface area contributed by atoms with Gasteiger partial charge in [0.25, 0.3) is 0 Å². The van der Waals surface area contributed by atoms with Gasteiger partial charge in [0.15, 0.2) is 15.6 Å². The molecule has 0 saturated carbocycles. The van der Waals surface area contributed by atoms with Crippen LogP contribution in [0.1, 0.15) is 21.5 Å². The standard InChI is InChI=1S/C16H15FO3S/c1-11-3-4-13(9-12(11)2)16(18)10-21(19,20)15-7-5-14(17)6-8-15/h3-9H,10H2,1-2H3. The zero-order valence-corrected chi connectivity index (χ0v) is 12.6. The fraction of sp³-hybridized carbons (Fsp3) is 0.188. The van der Waals surface area contributed by atoms with E-state index in [1.807, 2.05) is 13.8 Å². The third kappa shape index (κ3) is 3.55. The largest absolute Gasteiger partial charge is 0.293 e. The molecule has 2 aromatic rings. The van der Waals surface area contributed by atoms with Crippen molar-refractivity contribution in [2.75, 3.05) is 5.75 Å². The molecule has 21 heavy (non-hydrogen) atoms. The van der Waals surface area contributed by atoms with Gasteiger partial charge in [-0.25, -0.2) is 12.8 Å². The van der Waals surface area contributed by atoms with Crippen LogP contribution in [0.3, 0.4) is 0 Å². The molecule has 3 nitrogen and oxygen atoms in total. The molecule has 2 aromatic carbocycles. The smallest absolute Gasteiger partial charge is 0.185 e.